The number of rotatable bonds is 7. The zero-order valence-corrected chi connectivity index (χ0v) is 17.1. The van der Waals surface area contributed by atoms with Gasteiger partial charge >= 0.3 is 5.97 Å². The van der Waals surface area contributed by atoms with Crippen LogP contribution >= 0.6 is 0 Å². The molecule has 1 fully saturated rings. The highest BCUT2D eigenvalue weighted by Crippen LogP contribution is 2.23. The van der Waals surface area contributed by atoms with Gasteiger partial charge in [0.2, 0.25) is 0 Å². The van der Waals surface area contributed by atoms with Crippen molar-refractivity contribution in [3.05, 3.63) is 54.1 Å². The number of piperazine rings is 1. The molecule has 1 aliphatic heterocycles. The highest BCUT2D eigenvalue weighted by molar-refractivity contribution is 5.92. The Morgan fingerprint density at radius 1 is 1.10 bits per heavy atom. The first-order chi connectivity index (χ1) is 14.4. The number of aryl methyl sites for hydroxylation is 1. The van der Waals surface area contributed by atoms with Crippen LogP contribution in [-0.2, 0) is 19.1 Å². The van der Waals surface area contributed by atoms with E-state index in [1.165, 1.54) is 7.11 Å². The average Bonchev–Trinajstić information content (AvgIpc) is 2.73. The van der Waals surface area contributed by atoms with Crippen molar-refractivity contribution in [1.29, 1.82) is 0 Å². The molecule has 2 atom stereocenters. The summed E-state index contributed by atoms with van der Waals surface area (Å²) in [6.07, 6.45) is -0.0595. The Balaban J connectivity index is 1.56. The number of quaternary nitrogens is 1. The van der Waals surface area contributed by atoms with Gasteiger partial charge in [-0.25, -0.2) is 0 Å². The van der Waals surface area contributed by atoms with Crippen molar-refractivity contribution in [1.82, 2.24) is 5.32 Å². The molecule has 2 aromatic carbocycles. The largest absolute Gasteiger partial charge is 0.469 e. The van der Waals surface area contributed by atoms with E-state index in [0.29, 0.717) is 24.5 Å². The van der Waals surface area contributed by atoms with Crippen LogP contribution in [0.15, 0.2) is 48.5 Å². The molecule has 0 aliphatic carbocycles. The molecule has 0 radical (unpaired) electrons. The van der Waals surface area contributed by atoms with E-state index in [0.717, 1.165) is 16.2 Å². The molecule has 1 saturated heterocycles. The highest BCUT2D eigenvalue weighted by Gasteiger charge is 2.36. The molecule has 0 bridgehead atoms. The molecule has 0 spiro atoms. The molecule has 1 unspecified atom stereocenters. The van der Waals surface area contributed by atoms with Crippen LogP contribution in [0.3, 0.4) is 0 Å². The van der Waals surface area contributed by atoms with E-state index in [1.54, 1.807) is 24.3 Å². The smallest absolute Gasteiger partial charge is 0.312 e. The Morgan fingerprint density at radius 2 is 1.73 bits per heavy atom. The van der Waals surface area contributed by atoms with E-state index in [-0.39, 0.29) is 24.8 Å². The molecule has 8 heteroatoms. The molecule has 1 aliphatic rings. The van der Waals surface area contributed by atoms with Crippen LogP contribution in [0.4, 0.5) is 5.69 Å². The minimum absolute atomic E-state index is 0.0595. The minimum Gasteiger partial charge on any atom is -0.469 e. The molecule has 2 aromatic rings. The lowest BCUT2D eigenvalue weighted by Crippen LogP contribution is -3.20. The van der Waals surface area contributed by atoms with E-state index in [4.69, 9.17) is 4.74 Å². The number of nitrogens with one attached hydrogen (secondary N) is 3. The number of carbonyl (C=O) groups is 3. The molecule has 8 nitrogen and oxygen atoms in total. The van der Waals surface area contributed by atoms with Crippen LogP contribution in [0.25, 0.3) is 0 Å². The molecule has 2 amide bonds. The van der Waals surface area contributed by atoms with E-state index >= 15 is 0 Å². The topological polar surface area (TPSA) is 98.2 Å². The van der Waals surface area contributed by atoms with Gasteiger partial charge in [0, 0.05) is 5.69 Å². The third-order valence-corrected chi connectivity index (χ3v) is 4.94. The second-order valence-corrected chi connectivity index (χ2v) is 7.20. The second-order valence-electron chi connectivity index (χ2n) is 7.20. The predicted octanol–water partition coefficient (Wildman–Crippen LogP) is 0.672. The van der Waals surface area contributed by atoms with Gasteiger partial charge in [-0.2, -0.15) is 0 Å². The monoisotopic (exact) mass is 412 g/mol. The first kappa shape index (κ1) is 21.3. The molecule has 1 heterocycles. The lowest BCUT2D eigenvalue weighted by atomic mass is 10.1. The fourth-order valence-electron chi connectivity index (χ4n) is 3.29. The van der Waals surface area contributed by atoms with Crippen molar-refractivity contribution >= 4 is 23.5 Å². The number of hydrogen-bond donors (Lipinski definition) is 3. The number of esters is 1. The summed E-state index contributed by atoms with van der Waals surface area (Å²) >= 11 is 0. The Kier molecular flexibility index (Phi) is 7.03. The molecule has 158 valence electrons. The standard InChI is InChI=1S/C22H25N3O5/c1-15-3-7-17(8-4-15)30-18-9-5-16(6-10-18)24-20(26)14-25-12-11-23-22(28)19(25)13-21(27)29-2/h3-10,19H,11-14H2,1-2H3,(H,23,28)(H,24,26)/p+1/t19-/m0/s1. The molecule has 3 rings (SSSR count). The molecular weight excluding hydrogens is 386 g/mol. The second kappa shape index (κ2) is 9.89. The van der Waals surface area contributed by atoms with Gasteiger partial charge in [0.1, 0.15) is 17.9 Å². The summed E-state index contributed by atoms with van der Waals surface area (Å²) in [6, 6.07) is 14.2. The van der Waals surface area contributed by atoms with E-state index < -0.39 is 12.0 Å². The van der Waals surface area contributed by atoms with E-state index in [1.807, 2.05) is 31.2 Å². The Hall–Kier alpha value is -3.39. The van der Waals surface area contributed by atoms with Crippen molar-refractivity contribution in [3.63, 3.8) is 0 Å². The summed E-state index contributed by atoms with van der Waals surface area (Å²) < 4.78 is 10.4. The van der Waals surface area contributed by atoms with Gasteiger partial charge in [0.15, 0.2) is 12.6 Å². The Bertz CT molecular complexity index is 896. The van der Waals surface area contributed by atoms with Crippen molar-refractivity contribution in [2.45, 2.75) is 19.4 Å². The highest BCUT2D eigenvalue weighted by atomic mass is 16.5. The maximum absolute atomic E-state index is 12.5. The molecule has 0 saturated carbocycles. The van der Waals surface area contributed by atoms with Crippen molar-refractivity contribution in [2.75, 3.05) is 32.1 Å². The minimum atomic E-state index is -0.637. The van der Waals surface area contributed by atoms with Gasteiger partial charge in [-0.05, 0) is 43.3 Å². The summed E-state index contributed by atoms with van der Waals surface area (Å²) in [5.74, 6) is 0.447. The number of benzene rings is 2. The number of hydrogen-bond acceptors (Lipinski definition) is 5. The molecule has 0 aromatic heterocycles. The quantitative estimate of drug-likeness (QED) is 0.581. The number of amides is 2. The average molecular weight is 412 g/mol. The van der Waals surface area contributed by atoms with Gasteiger partial charge in [-0.1, -0.05) is 17.7 Å². The Labute approximate surface area is 175 Å². The van der Waals surface area contributed by atoms with Crippen LogP contribution in [0.2, 0.25) is 0 Å². The predicted molar refractivity (Wildman–Crippen MR) is 110 cm³/mol. The number of ether oxygens (including phenoxy) is 2. The first-order valence-corrected chi connectivity index (χ1v) is 9.78. The zero-order valence-electron chi connectivity index (χ0n) is 17.1. The fourth-order valence-corrected chi connectivity index (χ4v) is 3.29. The maximum Gasteiger partial charge on any atom is 0.312 e. The summed E-state index contributed by atoms with van der Waals surface area (Å²) in [6.45, 7) is 3.11. The SMILES string of the molecule is COC(=O)C[C@H]1C(=O)NCC[NH+]1CC(=O)Nc1ccc(Oc2ccc(C)cc2)cc1. The number of methoxy groups -OCH3 is 1. The first-order valence-electron chi connectivity index (χ1n) is 9.78. The third kappa shape index (κ3) is 5.81. The van der Waals surface area contributed by atoms with Gasteiger partial charge in [0.25, 0.3) is 11.8 Å². The van der Waals surface area contributed by atoms with Gasteiger partial charge in [-0.15, -0.1) is 0 Å². The maximum atomic E-state index is 12.5. The fraction of sp³-hybridized carbons (Fsp3) is 0.318. The van der Waals surface area contributed by atoms with Crippen LogP contribution in [0, 0.1) is 6.92 Å². The normalized spacial score (nSPS) is 18.3. The molecule has 3 N–H and O–H groups in total. The van der Waals surface area contributed by atoms with Gasteiger partial charge < -0.3 is 25.0 Å². The summed E-state index contributed by atoms with van der Waals surface area (Å²) in [5, 5.41) is 5.56. The van der Waals surface area contributed by atoms with Gasteiger partial charge in [0.05, 0.1) is 20.2 Å². The number of anilines is 1. The van der Waals surface area contributed by atoms with Crippen LogP contribution < -0.4 is 20.3 Å². The molecular formula is C22H26N3O5+. The molecule has 30 heavy (non-hydrogen) atoms. The summed E-state index contributed by atoms with van der Waals surface area (Å²) in [5.41, 5.74) is 1.78. The lowest BCUT2D eigenvalue weighted by molar-refractivity contribution is -0.909. The number of carbonyl (C=O) groups excluding carboxylic acids is 3. The van der Waals surface area contributed by atoms with Crippen LogP contribution in [0.5, 0.6) is 11.5 Å². The van der Waals surface area contributed by atoms with E-state index in [2.05, 4.69) is 15.4 Å². The van der Waals surface area contributed by atoms with Crippen molar-refractivity contribution < 1.29 is 28.8 Å². The lowest BCUT2D eigenvalue weighted by Gasteiger charge is -2.30. The van der Waals surface area contributed by atoms with E-state index in [9.17, 15) is 14.4 Å². The van der Waals surface area contributed by atoms with Gasteiger partial charge in [-0.3, -0.25) is 14.4 Å². The summed E-state index contributed by atoms with van der Waals surface area (Å²) in [4.78, 5) is 36.9. The van der Waals surface area contributed by atoms with Crippen LogP contribution in [0.1, 0.15) is 12.0 Å². The van der Waals surface area contributed by atoms with Crippen molar-refractivity contribution in [3.8, 4) is 11.5 Å². The summed E-state index contributed by atoms with van der Waals surface area (Å²) in [7, 11) is 1.28. The third-order valence-electron chi connectivity index (χ3n) is 4.94. The zero-order chi connectivity index (χ0) is 21.5. The van der Waals surface area contributed by atoms with Crippen molar-refractivity contribution in [2.24, 2.45) is 0 Å². The van der Waals surface area contributed by atoms with Crippen LogP contribution in [-0.4, -0.2) is 50.6 Å². The Morgan fingerprint density at radius 3 is 2.37 bits per heavy atom.